The lowest BCUT2D eigenvalue weighted by molar-refractivity contribution is 0.0992. The maximum Gasteiger partial charge on any atom is 0.291 e. The van der Waals surface area contributed by atoms with Gasteiger partial charge in [0, 0.05) is 10.7 Å². The van der Waals surface area contributed by atoms with Crippen LogP contribution in [-0.2, 0) is 6.61 Å². The van der Waals surface area contributed by atoms with Gasteiger partial charge in [0.1, 0.15) is 22.4 Å². The van der Waals surface area contributed by atoms with E-state index < -0.39 is 5.91 Å². The summed E-state index contributed by atoms with van der Waals surface area (Å²) in [6.07, 6.45) is 0. The van der Waals surface area contributed by atoms with E-state index in [-0.39, 0.29) is 43.2 Å². The maximum absolute atomic E-state index is 12.4. The number of rotatable bonds is 5. The predicted molar refractivity (Wildman–Crippen MR) is 119 cm³/mol. The van der Waals surface area contributed by atoms with Crippen LogP contribution in [0.1, 0.15) is 21.9 Å². The first-order valence-corrected chi connectivity index (χ1v) is 10.3. The molecule has 0 atom stereocenters. The van der Waals surface area contributed by atoms with E-state index >= 15 is 0 Å². The Morgan fingerprint density at radius 1 is 0.931 bits per heavy atom. The SMILES string of the molecule is Cc1c(Cl)cccc1NC(=O)c1ccc(COc2c(Cl)c(Cl)c(Cl)c(Cl)c2Cl)o1. The summed E-state index contributed by atoms with van der Waals surface area (Å²) >= 11 is 36.3. The van der Waals surface area contributed by atoms with Gasteiger partial charge in [0.25, 0.3) is 5.91 Å². The molecule has 0 unspecified atom stereocenters. The summed E-state index contributed by atoms with van der Waals surface area (Å²) < 4.78 is 11.1. The number of benzene rings is 2. The number of carbonyl (C=O) groups is 1. The second-order valence-corrected chi connectivity index (χ2v) is 8.12. The van der Waals surface area contributed by atoms with E-state index in [0.717, 1.165) is 5.56 Å². The Bertz CT molecular complexity index is 1070. The first-order chi connectivity index (χ1) is 13.7. The summed E-state index contributed by atoms with van der Waals surface area (Å²) in [5.74, 6) is 0.0691. The van der Waals surface area contributed by atoms with Gasteiger partial charge in [-0.05, 0) is 36.8 Å². The predicted octanol–water partition coefficient (Wildman–Crippen LogP) is 8.34. The molecule has 3 rings (SSSR count). The quantitative estimate of drug-likeness (QED) is 0.275. The molecule has 2 aromatic carbocycles. The van der Waals surface area contributed by atoms with Crippen molar-refractivity contribution in [2.75, 3.05) is 5.32 Å². The molecule has 0 aliphatic rings. The highest BCUT2D eigenvalue weighted by Crippen LogP contribution is 2.48. The average molecular weight is 514 g/mol. The Kier molecular flexibility index (Phi) is 7.15. The molecule has 29 heavy (non-hydrogen) atoms. The minimum absolute atomic E-state index is 0.0204. The molecule has 0 fully saturated rings. The highest BCUT2D eigenvalue weighted by Gasteiger charge is 2.21. The van der Waals surface area contributed by atoms with Gasteiger partial charge >= 0.3 is 0 Å². The van der Waals surface area contributed by atoms with Gasteiger partial charge < -0.3 is 14.5 Å². The highest BCUT2D eigenvalue weighted by molar-refractivity contribution is 6.55. The van der Waals surface area contributed by atoms with Crippen LogP contribution < -0.4 is 10.1 Å². The van der Waals surface area contributed by atoms with Crippen LogP contribution in [0.15, 0.2) is 34.7 Å². The third-order valence-corrected chi connectivity index (χ3v) is 6.58. The van der Waals surface area contributed by atoms with E-state index in [1.54, 1.807) is 31.2 Å². The topological polar surface area (TPSA) is 51.5 Å². The molecule has 0 spiro atoms. The lowest BCUT2D eigenvalue weighted by Crippen LogP contribution is -2.12. The lowest BCUT2D eigenvalue weighted by Gasteiger charge is -2.12. The molecule has 0 radical (unpaired) electrons. The number of furan rings is 1. The molecule has 1 N–H and O–H groups in total. The molecule has 1 heterocycles. The fourth-order valence-electron chi connectivity index (χ4n) is 2.36. The smallest absolute Gasteiger partial charge is 0.291 e. The molecule has 0 aliphatic carbocycles. The third-order valence-electron chi connectivity index (χ3n) is 3.93. The number of hydrogen-bond acceptors (Lipinski definition) is 3. The van der Waals surface area contributed by atoms with E-state index in [2.05, 4.69) is 5.32 Å². The zero-order valence-electron chi connectivity index (χ0n) is 14.6. The lowest BCUT2D eigenvalue weighted by atomic mass is 10.2. The van der Waals surface area contributed by atoms with Gasteiger partial charge in [-0.3, -0.25) is 4.79 Å². The van der Waals surface area contributed by atoms with Crippen molar-refractivity contribution in [2.24, 2.45) is 0 Å². The number of ether oxygens (including phenoxy) is 1. The molecule has 1 aromatic heterocycles. The minimum Gasteiger partial charge on any atom is -0.482 e. The second kappa shape index (κ2) is 9.25. The van der Waals surface area contributed by atoms with E-state index in [4.69, 9.17) is 78.8 Å². The van der Waals surface area contributed by atoms with Crippen LogP contribution in [0.5, 0.6) is 5.75 Å². The van der Waals surface area contributed by atoms with Crippen LogP contribution in [0.25, 0.3) is 0 Å². The van der Waals surface area contributed by atoms with E-state index in [1.165, 1.54) is 6.07 Å². The standard InChI is InChI=1S/C19H11Cl6NO3/c1-8-10(20)3-2-4-11(8)26-19(27)12-6-5-9(29-12)7-28-18-16(24)14(22)13(21)15(23)17(18)25/h2-6H,7H2,1H3,(H,26,27). The largest absolute Gasteiger partial charge is 0.482 e. The van der Waals surface area contributed by atoms with Crippen molar-refractivity contribution < 1.29 is 13.9 Å². The Hall–Kier alpha value is -1.27. The van der Waals surface area contributed by atoms with E-state index in [1.807, 2.05) is 0 Å². The highest BCUT2D eigenvalue weighted by atomic mass is 35.5. The Morgan fingerprint density at radius 2 is 1.55 bits per heavy atom. The van der Waals surface area contributed by atoms with Gasteiger partial charge in [0.2, 0.25) is 0 Å². The molecular weight excluding hydrogens is 503 g/mol. The first-order valence-electron chi connectivity index (χ1n) is 8.00. The van der Waals surface area contributed by atoms with Gasteiger partial charge in [-0.2, -0.15) is 0 Å². The monoisotopic (exact) mass is 511 g/mol. The summed E-state index contributed by atoms with van der Waals surface area (Å²) in [6.45, 7) is 1.73. The van der Waals surface area contributed by atoms with E-state index in [9.17, 15) is 4.79 Å². The number of anilines is 1. The van der Waals surface area contributed by atoms with Crippen molar-refractivity contribution in [2.45, 2.75) is 13.5 Å². The molecule has 0 saturated heterocycles. The normalized spacial score (nSPS) is 10.9. The number of hydrogen-bond donors (Lipinski definition) is 1. The van der Waals surface area contributed by atoms with Gasteiger partial charge in [-0.1, -0.05) is 75.7 Å². The fraction of sp³-hybridized carbons (Fsp3) is 0.105. The molecule has 3 aromatic rings. The van der Waals surface area contributed by atoms with Crippen molar-refractivity contribution in [3.8, 4) is 5.75 Å². The van der Waals surface area contributed by atoms with Crippen LogP contribution in [-0.4, -0.2) is 5.91 Å². The van der Waals surface area contributed by atoms with Crippen LogP contribution in [0.3, 0.4) is 0 Å². The van der Waals surface area contributed by atoms with Crippen LogP contribution in [0, 0.1) is 6.92 Å². The van der Waals surface area contributed by atoms with Crippen LogP contribution in [0.4, 0.5) is 5.69 Å². The summed E-state index contributed by atoms with van der Waals surface area (Å²) in [4.78, 5) is 12.4. The molecule has 0 aliphatic heterocycles. The summed E-state index contributed by atoms with van der Waals surface area (Å²) in [6, 6.07) is 8.31. The molecular formula is C19H11Cl6NO3. The zero-order valence-corrected chi connectivity index (χ0v) is 19.1. The van der Waals surface area contributed by atoms with Gasteiger partial charge in [-0.25, -0.2) is 0 Å². The van der Waals surface area contributed by atoms with Crippen LogP contribution in [0.2, 0.25) is 30.1 Å². The first kappa shape index (κ1) is 22.4. The van der Waals surface area contributed by atoms with Crippen molar-refractivity contribution in [3.05, 3.63) is 77.6 Å². The molecule has 4 nitrogen and oxygen atoms in total. The van der Waals surface area contributed by atoms with Gasteiger partial charge in [0.05, 0.1) is 15.1 Å². The number of halogens is 6. The molecule has 152 valence electrons. The summed E-state index contributed by atoms with van der Waals surface area (Å²) in [5, 5.41) is 3.41. The Labute approximate surface area is 196 Å². The summed E-state index contributed by atoms with van der Waals surface area (Å²) in [7, 11) is 0. The molecule has 0 bridgehead atoms. The van der Waals surface area contributed by atoms with Gasteiger partial charge in [0.15, 0.2) is 11.5 Å². The Balaban J connectivity index is 1.73. The number of nitrogens with one attached hydrogen (secondary N) is 1. The van der Waals surface area contributed by atoms with Crippen molar-refractivity contribution in [3.63, 3.8) is 0 Å². The molecule has 10 heteroatoms. The van der Waals surface area contributed by atoms with Crippen LogP contribution >= 0.6 is 69.6 Å². The van der Waals surface area contributed by atoms with Gasteiger partial charge in [-0.15, -0.1) is 0 Å². The van der Waals surface area contributed by atoms with Crippen molar-refractivity contribution in [1.29, 1.82) is 0 Å². The third kappa shape index (κ3) is 4.74. The maximum atomic E-state index is 12.4. The second-order valence-electron chi connectivity index (χ2n) is 5.82. The Morgan fingerprint density at radius 3 is 2.21 bits per heavy atom. The zero-order chi connectivity index (χ0) is 21.3. The van der Waals surface area contributed by atoms with Crippen molar-refractivity contribution >= 4 is 81.2 Å². The summed E-state index contributed by atoms with van der Waals surface area (Å²) in [5.41, 5.74) is 1.33. The molecule has 1 amide bonds. The van der Waals surface area contributed by atoms with E-state index in [0.29, 0.717) is 16.5 Å². The average Bonchev–Trinajstić information content (AvgIpc) is 3.17. The minimum atomic E-state index is -0.435. The van der Waals surface area contributed by atoms with Crippen molar-refractivity contribution in [1.82, 2.24) is 0 Å². The number of amides is 1. The fourth-order valence-corrected chi connectivity index (χ4v) is 3.76. The molecule has 0 saturated carbocycles. The number of carbonyl (C=O) groups excluding carboxylic acids is 1.